The van der Waals surface area contributed by atoms with Crippen molar-refractivity contribution in [1.29, 1.82) is 0 Å². The summed E-state index contributed by atoms with van der Waals surface area (Å²) in [5.74, 6) is 0.518. The molecule has 0 atom stereocenters. The molecule has 0 unspecified atom stereocenters. The van der Waals surface area contributed by atoms with Crippen molar-refractivity contribution in [2.75, 3.05) is 11.3 Å². The van der Waals surface area contributed by atoms with Gasteiger partial charge < -0.3 is 9.84 Å². The molecule has 1 rings (SSSR count). The first-order valence-electron chi connectivity index (χ1n) is 4.63. The molecule has 0 amide bonds. The minimum absolute atomic E-state index is 0.241. The summed E-state index contributed by atoms with van der Waals surface area (Å²) in [6.07, 6.45) is 0. The van der Waals surface area contributed by atoms with E-state index in [1.165, 1.54) is 12.1 Å². The molecule has 0 spiro atoms. The quantitative estimate of drug-likeness (QED) is 0.690. The summed E-state index contributed by atoms with van der Waals surface area (Å²) in [6.45, 7) is 2.04. The van der Waals surface area contributed by atoms with Gasteiger partial charge in [-0.25, -0.2) is 5.14 Å². The van der Waals surface area contributed by atoms with Gasteiger partial charge in [0.1, 0.15) is 5.75 Å². The first kappa shape index (κ1) is 12.8. The molecule has 0 aliphatic carbocycles. The molecule has 4 N–H and O–H groups in total. The summed E-state index contributed by atoms with van der Waals surface area (Å²) in [6, 6.07) is 4.55. The second-order valence-corrected chi connectivity index (χ2v) is 4.35. The molecular formula is C9H14N2O4S. The van der Waals surface area contributed by atoms with Crippen LogP contribution in [0.3, 0.4) is 0 Å². The lowest BCUT2D eigenvalue weighted by molar-refractivity contribution is 0.267. The van der Waals surface area contributed by atoms with Gasteiger partial charge in [0.15, 0.2) is 0 Å². The standard InChI is InChI=1S/C9H14N2O4S/c1-2-15-9-4-3-8(5-7(9)6-12)11-16(10,13)14/h3-5,11-12H,2,6H2,1H3,(H2,10,13,14). The first-order chi connectivity index (χ1) is 7.46. The largest absolute Gasteiger partial charge is 0.494 e. The van der Waals surface area contributed by atoms with Crippen LogP contribution in [0.2, 0.25) is 0 Å². The van der Waals surface area contributed by atoms with Crippen molar-refractivity contribution >= 4 is 15.9 Å². The van der Waals surface area contributed by atoms with Crippen LogP contribution < -0.4 is 14.6 Å². The van der Waals surface area contributed by atoms with Crippen LogP contribution in [0.25, 0.3) is 0 Å². The monoisotopic (exact) mass is 246 g/mol. The van der Waals surface area contributed by atoms with Gasteiger partial charge in [-0.1, -0.05) is 0 Å². The zero-order valence-electron chi connectivity index (χ0n) is 8.80. The number of rotatable bonds is 5. The number of hydrogen-bond donors (Lipinski definition) is 3. The molecule has 0 saturated carbocycles. The van der Waals surface area contributed by atoms with Crippen LogP contribution in [0.1, 0.15) is 12.5 Å². The molecule has 0 aliphatic heterocycles. The van der Waals surface area contributed by atoms with E-state index in [1.807, 2.05) is 6.92 Å². The number of ether oxygens (including phenoxy) is 1. The van der Waals surface area contributed by atoms with Gasteiger partial charge in [-0.3, -0.25) is 4.72 Å². The summed E-state index contributed by atoms with van der Waals surface area (Å²) in [4.78, 5) is 0. The summed E-state index contributed by atoms with van der Waals surface area (Å²) >= 11 is 0. The molecule has 6 nitrogen and oxygen atoms in total. The van der Waals surface area contributed by atoms with Crippen LogP contribution in [-0.2, 0) is 16.8 Å². The fourth-order valence-corrected chi connectivity index (χ4v) is 1.68. The van der Waals surface area contributed by atoms with Crippen LogP contribution in [-0.4, -0.2) is 20.1 Å². The fraction of sp³-hybridized carbons (Fsp3) is 0.333. The van der Waals surface area contributed by atoms with Crippen molar-refractivity contribution in [2.24, 2.45) is 5.14 Å². The molecule has 0 radical (unpaired) electrons. The maximum atomic E-state index is 10.8. The Bertz CT molecular complexity index is 459. The van der Waals surface area contributed by atoms with Gasteiger partial charge in [-0.05, 0) is 25.1 Å². The minimum atomic E-state index is -3.80. The highest BCUT2D eigenvalue weighted by atomic mass is 32.2. The number of nitrogens with one attached hydrogen (secondary N) is 1. The summed E-state index contributed by atoms with van der Waals surface area (Å²) in [5, 5.41) is 13.9. The third-order valence-electron chi connectivity index (χ3n) is 1.79. The Balaban J connectivity index is 2.99. The Morgan fingerprint density at radius 2 is 2.19 bits per heavy atom. The van der Waals surface area contributed by atoms with Crippen LogP contribution in [0.4, 0.5) is 5.69 Å². The van der Waals surface area contributed by atoms with Crippen molar-refractivity contribution in [3.05, 3.63) is 23.8 Å². The van der Waals surface area contributed by atoms with E-state index < -0.39 is 10.2 Å². The SMILES string of the molecule is CCOc1ccc(NS(N)(=O)=O)cc1CO. The maximum absolute atomic E-state index is 10.8. The highest BCUT2D eigenvalue weighted by Gasteiger charge is 2.07. The van der Waals surface area contributed by atoms with Crippen LogP contribution >= 0.6 is 0 Å². The van der Waals surface area contributed by atoms with Crippen molar-refractivity contribution in [2.45, 2.75) is 13.5 Å². The lowest BCUT2D eigenvalue weighted by Crippen LogP contribution is -2.21. The number of benzene rings is 1. The van der Waals surface area contributed by atoms with Crippen molar-refractivity contribution in [3.63, 3.8) is 0 Å². The molecule has 7 heteroatoms. The van der Waals surface area contributed by atoms with Crippen LogP contribution in [0.5, 0.6) is 5.75 Å². The van der Waals surface area contributed by atoms with E-state index in [9.17, 15) is 8.42 Å². The summed E-state index contributed by atoms with van der Waals surface area (Å²) < 4.78 is 28.9. The van der Waals surface area contributed by atoms with E-state index in [4.69, 9.17) is 15.0 Å². The highest BCUT2D eigenvalue weighted by Crippen LogP contribution is 2.23. The van der Waals surface area contributed by atoms with E-state index in [0.29, 0.717) is 17.9 Å². The van der Waals surface area contributed by atoms with Gasteiger partial charge in [0, 0.05) is 5.56 Å². The van der Waals surface area contributed by atoms with Crippen molar-refractivity contribution in [1.82, 2.24) is 0 Å². The van der Waals surface area contributed by atoms with Crippen LogP contribution in [0, 0.1) is 0 Å². The second kappa shape index (κ2) is 5.15. The third-order valence-corrected chi connectivity index (χ3v) is 2.31. The lowest BCUT2D eigenvalue weighted by Gasteiger charge is -2.10. The van der Waals surface area contributed by atoms with Crippen LogP contribution in [0.15, 0.2) is 18.2 Å². The van der Waals surface area contributed by atoms with Crippen molar-refractivity contribution < 1.29 is 18.3 Å². The molecule has 0 aromatic heterocycles. The lowest BCUT2D eigenvalue weighted by atomic mass is 10.2. The molecule has 0 aliphatic rings. The number of aliphatic hydroxyl groups is 1. The first-order valence-corrected chi connectivity index (χ1v) is 6.18. The zero-order valence-corrected chi connectivity index (χ0v) is 9.62. The normalized spacial score (nSPS) is 11.2. The predicted octanol–water partition coefficient (Wildman–Crippen LogP) is 0.193. The smallest absolute Gasteiger partial charge is 0.296 e. The number of anilines is 1. The fourth-order valence-electron chi connectivity index (χ4n) is 1.23. The number of nitrogens with two attached hydrogens (primary N) is 1. The highest BCUT2D eigenvalue weighted by molar-refractivity contribution is 7.90. The van der Waals surface area contributed by atoms with Gasteiger partial charge in [0.05, 0.1) is 18.9 Å². The summed E-state index contributed by atoms with van der Waals surface area (Å²) in [5.41, 5.74) is 0.783. The summed E-state index contributed by atoms with van der Waals surface area (Å²) in [7, 11) is -3.80. The Morgan fingerprint density at radius 3 is 2.69 bits per heavy atom. The third kappa shape index (κ3) is 3.69. The van der Waals surface area contributed by atoms with Gasteiger partial charge in [-0.2, -0.15) is 8.42 Å². The Hall–Kier alpha value is -1.31. The molecule has 0 bridgehead atoms. The molecule has 0 fully saturated rings. The minimum Gasteiger partial charge on any atom is -0.494 e. The Labute approximate surface area is 94.2 Å². The number of hydrogen-bond acceptors (Lipinski definition) is 4. The molecule has 1 aromatic carbocycles. The second-order valence-electron chi connectivity index (χ2n) is 3.06. The van der Waals surface area contributed by atoms with E-state index in [-0.39, 0.29) is 12.3 Å². The van der Waals surface area contributed by atoms with E-state index >= 15 is 0 Å². The molecule has 1 aromatic rings. The van der Waals surface area contributed by atoms with E-state index in [2.05, 4.69) is 4.72 Å². The van der Waals surface area contributed by atoms with Gasteiger partial charge in [0.2, 0.25) is 0 Å². The van der Waals surface area contributed by atoms with E-state index in [1.54, 1.807) is 6.07 Å². The topological polar surface area (TPSA) is 102 Å². The molecule has 16 heavy (non-hydrogen) atoms. The molecule has 90 valence electrons. The van der Waals surface area contributed by atoms with Gasteiger partial charge in [0.25, 0.3) is 10.2 Å². The Morgan fingerprint density at radius 1 is 1.50 bits per heavy atom. The molecule has 0 saturated heterocycles. The zero-order chi connectivity index (χ0) is 12.2. The number of aliphatic hydroxyl groups excluding tert-OH is 1. The Kier molecular flexibility index (Phi) is 4.11. The van der Waals surface area contributed by atoms with Crippen molar-refractivity contribution in [3.8, 4) is 5.75 Å². The maximum Gasteiger partial charge on any atom is 0.296 e. The van der Waals surface area contributed by atoms with E-state index in [0.717, 1.165) is 0 Å². The van der Waals surface area contributed by atoms with Gasteiger partial charge in [-0.15, -0.1) is 0 Å². The average Bonchev–Trinajstić information content (AvgIpc) is 2.18. The predicted molar refractivity (Wildman–Crippen MR) is 60.3 cm³/mol. The molecular weight excluding hydrogens is 232 g/mol. The average molecular weight is 246 g/mol. The molecule has 0 heterocycles. The van der Waals surface area contributed by atoms with Gasteiger partial charge >= 0.3 is 0 Å².